The first-order valence-electron chi connectivity index (χ1n) is 5.74. The van der Waals surface area contributed by atoms with Gasteiger partial charge in [-0.05, 0) is 24.6 Å². The van der Waals surface area contributed by atoms with Crippen LogP contribution in [0.2, 0.25) is 0 Å². The van der Waals surface area contributed by atoms with Gasteiger partial charge in [-0.2, -0.15) is 0 Å². The highest BCUT2D eigenvalue weighted by molar-refractivity contribution is 7.89. The number of benzene rings is 1. The number of hydrogen-bond acceptors (Lipinski definition) is 5. The quantitative estimate of drug-likeness (QED) is 0.857. The van der Waals surface area contributed by atoms with E-state index in [1.54, 1.807) is 31.2 Å². The summed E-state index contributed by atoms with van der Waals surface area (Å²) in [5, 5.41) is 3.51. The molecule has 1 heterocycles. The Morgan fingerprint density at radius 3 is 2.84 bits per heavy atom. The molecule has 0 bridgehead atoms. The highest BCUT2D eigenvalue weighted by atomic mass is 32.2. The van der Waals surface area contributed by atoms with E-state index in [4.69, 9.17) is 10.3 Å². The Hall–Kier alpha value is -1.70. The molecule has 0 spiro atoms. The fourth-order valence-electron chi connectivity index (χ4n) is 1.55. The first-order chi connectivity index (χ1) is 8.99. The Bertz CT molecular complexity index is 636. The number of nitrogens with zero attached hydrogens (tertiary/aromatic N) is 1. The Morgan fingerprint density at radius 1 is 1.42 bits per heavy atom. The molecule has 0 saturated heterocycles. The number of nitrogens with two attached hydrogens (primary N) is 1. The summed E-state index contributed by atoms with van der Waals surface area (Å²) in [6, 6.07) is 7.93. The van der Waals surface area contributed by atoms with Gasteiger partial charge < -0.3 is 10.3 Å². The molecule has 0 amide bonds. The summed E-state index contributed by atoms with van der Waals surface area (Å²) in [6.45, 7) is 1.86. The SMILES string of the molecule is CC(N)c1cccc(S(=O)(=O)NCc2ccno2)c1. The summed E-state index contributed by atoms with van der Waals surface area (Å²) >= 11 is 0. The Balaban J connectivity index is 2.17. The Morgan fingerprint density at radius 2 is 2.21 bits per heavy atom. The highest BCUT2D eigenvalue weighted by Crippen LogP contribution is 2.16. The van der Waals surface area contributed by atoms with E-state index in [0.717, 1.165) is 5.56 Å². The van der Waals surface area contributed by atoms with Crippen molar-refractivity contribution in [3.05, 3.63) is 47.9 Å². The van der Waals surface area contributed by atoms with Crippen LogP contribution in [0.1, 0.15) is 24.3 Å². The summed E-state index contributed by atoms with van der Waals surface area (Å²) in [4.78, 5) is 0.182. The fraction of sp³-hybridized carbons (Fsp3) is 0.250. The number of hydrogen-bond donors (Lipinski definition) is 2. The summed E-state index contributed by atoms with van der Waals surface area (Å²) in [5.74, 6) is 0.451. The molecule has 1 atom stereocenters. The number of aromatic nitrogens is 1. The van der Waals surface area contributed by atoms with E-state index in [0.29, 0.717) is 5.76 Å². The minimum atomic E-state index is -3.59. The summed E-state index contributed by atoms with van der Waals surface area (Å²) < 4.78 is 31.4. The lowest BCUT2D eigenvalue weighted by atomic mass is 10.1. The van der Waals surface area contributed by atoms with Crippen LogP contribution in [-0.2, 0) is 16.6 Å². The molecule has 1 unspecified atom stereocenters. The van der Waals surface area contributed by atoms with Crippen molar-refractivity contribution in [1.29, 1.82) is 0 Å². The van der Waals surface area contributed by atoms with Crippen LogP contribution in [0.5, 0.6) is 0 Å². The van der Waals surface area contributed by atoms with Gasteiger partial charge in [-0.15, -0.1) is 0 Å². The minimum absolute atomic E-state index is 0.0603. The van der Waals surface area contributed by atoms with E-state index in [1.807, 2.05) is 0 Å². The van der Waals surface area contributed by atoms with Gasteiger partial charge in [-0.1, -0.05) is 17.3 Å². The normalized spacial score (nSPS) is 13.4. The van der Waals surface area contributed by atoms with Gasteiger partial charge in [-0.25, -0.2) is 13.1 Å². The lowest BCUT2D eigenvalue weighted by molar-refractivity contribution is 0.380. The third kappa shape index (κ3) is 3.40. The topological polar surface area (TPSA) is 98.2 Å². The second-order valence-electron chi connectivity index (χ2n) is 4.16. The van der Waals surface area contributed by atoms with Gasteiger partial charge in [0.1, 0.15) is 0 Å². The van der Waals surface area contributed by atoms with E-state index in [1.165, 1.54) is 12.3 Å². The molecule has 0 aliphatic carbocycles. The number of rotatable bonds is 5. The molecular formula is C12H15N3O3S. The first-order valence-corrected chi connectivity index (χ1v) is 7.22. The van der Waals surface area contributed by atoms with E-state index in [9.17, 15) is 8.42 Å². The molecule has 19 heavy (non-hydrogen) atoms. The van der Waals surface area contributed by atoms with Crippen LogP contribution < -0.4 is 10.5 Å². The molecule has 6 nitrogen and oxygen atoms in total. The zero-order chi connectivity index (χ0) is 13.9. The molecule has 0 aliphatic heterocycles. The lowest BCUT2D eigenvalue weighted by Crippen LogP contribution is -2.23. The van der Waals surface area contributed by atoms with Gasteiger partial charge >= 0.3 is 0 Å². The third-order valence-electron chi connectivity index (χ3n) is 2.62. The summed E-state index contributed by atoms with van der Waals surface area (Å²) in [5.41, 5.74) is 6.50. The fourth-order valence-corrected chi connectivity index (χ4v) is 2.60. The zero-order valence-electron chi connectivity index (χ0n) is 10.4. The molecule has 2 rings (SSSR count). The van der Waals surface area contributed by atoms with Gasteiger partial charge in [0.2, 0.25) is 10.0 Å². The van der Waals surface area contributed by atoms with Crippen molar-refractivity contribution < 1.29 is 12.9 Å². The van der Waals surface area contributed by atoms with Crippen molar-refractivity contribution in [2.75, 3.05) is 0 Å². The zero-order valence-corrected chi connectivity index (χ0v) is 11.2. The summed E-state index contributed by atoms with van der Waals surface area (Å²) in [6.07, 6.45) is 1.46. The maximum Gasteiger partial charge on any atom is 0.240 e. The average Bonchev–Trinajstić information content (AvgIpc) is 2.90. The largest absolute Gasteiger partial charge is 0.360 e. The van der Waals surface area contributed by atoms with Crippen LogP contribution in [0.3, 0.4) is 0 Å². The van der Waals surface area contributed by atoms with Crippen LogP contribution in [0, 0.1) is 0 Å². The van der Waals surface area contributed by atoms with E-state index in [-0.39, 0.29) is 17.5 Å². The molecule has 0 radical (unpaired) electrons. The van der Waals surface area contributed by atoms with Gasteiger partial charge in [0.25, 0.3) is 0 Å². The maximum absolute atomic E-state index is 12.1. The van der Waals surface area contributed by atoms with Crippen molar-refractivity contribution >= 4 is 10.0 Å². The monoisotopic (exact) mass is 281 g/mol. The van der Waals surface area contributed by atoms with Crippen LogP contribution >= 0.6 is 0 Å². The molecule has 0 saturated carbocycles. The second-order valence-corrected chi connectivity index (χ2v) is 5.93. The van der Waals surface area contributed by atoms with Crippen molar-refractivity contribution in [3.63, 3.8) is 0 Å². The summed E-state index contributed by atoms with van der Waals surface area (Å²) in [7, 11) is -3.59. The first kappa shape index (κ1) is 13.7. The minimum Gasteiger partial charge on any atom is -0.360 e. The molecule has 1 aromatic carbocycles. The highest BCUT2D eigenvalue weighted by Gasteiger charge is 2.15. The van der Waals surface area contributed by atoms with Gasteiger partial charge in [-0.3, -0.25) is 0 Å². The van der Waals surface area contributed by atoms with Crippen LogP contribution in [0.15, 0.2) is 45.9 Å². The van der Waals surface area contributed by atoms with Gasteiger partial charge in [0, 0.05) is 12.1 Å². The standard InChI is InChI=1S/C12H15N3O3S/c1-9(13)10-3-2-4-12(7-10)19(16,17)15-8-11-5-6-14-18-11/h2-7,9,15H,8,13H2,1H3. The molecule has 0 aliphatic rings. The van der Waals surface area contributed by atoms with Crippen molar-refractivity contribution in [2.45, 2.75) is 24.4 Å². The van der Waals surface area contributed by atoms with Crippen molar-refractivity contribution in [1.82, 2.24) is 9.88 Å². The van der Waals surface area contributed by atoms with Crippen LogP contribution in [0.4, 0.5) is 0 Å². The maximum atomic E-state index is 12.1. The predicted molar refractivity (Wildman–Crippen MR) is 69.6 cm³/mol. The van der Waals surface area contributed by atoms with E-state index in [2.05, 4.69) is 9.88 Å². The van der Waals surface area contributed by atoms with E-state index >= 15 is 0 Å². The second kappa shape index (κ2) is 5.52. The molecule has 3 N–H and O–H groups in total. The lowest BCUT2D eigenvalue weighted by Gasteiger charge is -2.09. The predicted octanol–water partition coefficient (Wildman–Crippen LogP) is 1.17. The van der Waals surface area contributed by atoms with Crippen LogP contribution in [-0.4, -0.2) is 13.6 Å². The van der Waals surface area contributed by atoms with Crippen molar-refractivity contribution in [3.8, 4) is 0 Å². The Kier molecular flexibility index (Phi) is 3.98. The molecular weight excluding hydrogens is 266 g/mol. The third-order valence-corrected chi connectivity index (χ3v) is 4.02. The smallest absolute Gasteiger partial charge is 0.240 e. The molecule has 7 heteroatoms. The number of sulfonamides is 1. The van der Waals surface area contributed by atoms with Crippen LogP contribution in [0.25, 0.3) is 0 Å². The van der Waals surface area contributed by atoms with Gasteiger partial charge in [0.15, 0.2) is 5.76 Å². The molecule has 2 aromatic rings. The number of nitrogens with one attached hydrogen (secondary N) is 1. The van der Waals surface area contributed by atoms with E-state index < -0.39 is 10.0 Å². The average molecular weight is 281 g/mol. The molecule has 102 valence electrons. The molecule has 0 fully saturated rings. The van der Waals surface area contributed by atoms with Gasteiger partial charge in [0.05, 0.1) is 17.6 Å². The Labute approximate surface area is 111 Å². The van der Waals surface area contributed by atoms with Crippen molar-refractivity contribution in [2.24, 2.45) is 5.73 Å². The molecule has 1 aromatic heterocycles.